The van der Waals surface area contributed by atoms with Gasteiger partial charge in [0.05, 0.1) is 7.11 Å². The molecule has 1 rings (SSSR count). The van der Waals surface area contributed by atoms with Crippen LogP contribution in [0, 0.1) is 5.92 Å². The van der Waals surface area contributed by atoms with Crippen LogP contribution in [0.2, 0.25) is 0 Å². The highest BCUT2D eigenvalue weighted by atomic mass is 16.5. The number of esters is 1. The van der Waals surface area contributed by atoms with E-state index in [4.69, 9.17) is 4.74 Å². The Morgan fingerprint density at radius 3 is 2.31 bits per heavy atom. The zero-order valence-electron chi connectivity index (χ0n) is 9.91. The van der Waals surface area contributed by atoms with E-state index in [1.807, 2.05) is 0 Å². The van der Waals surface area contributed by atoms with Gasteiger partial charge in [0.25, 0.3) is 0 Å². The first-order valence-electron chi connectivity index (χ1n) is 6.07. The Bertz CT molecular complexity index is 222. The predicted molar refractivity (Wildman–Crippen MR) is 60.8 cm³/mol. The molecule has 0 aliphatic heterocycles. The topological polar surface area (TPSA) is 55.4 Å². The van der Waals surface area contributed by atoms with Crippen LogP contribution in [0.15, 0.2) is 0 Å². The van der Waals surface area contributed by atoms with Crippen molar-refractivity contribution in [2.45, 2.75) is 51.0 Å². The minimum absolute atomic E-state index is 0.234. The lowest BCUT2D eigenvalue weighted by molar-refractivity contribution is -0.145. The molecule has 4 nitrogen and oxygen atoms in total. The molecule has 0 radical (unpaired) electrons. The standard InChI is InChI=1S/C12H21NO3/c1-16-12(15)11(13-9-14)10-7-5-3-2-4-6-8-10/h9-11H,2-8H2,1H3,(H,13,14). The molecule has 92 valence electrons. The van der Waals surface area contributed by atoms with E-state index in [1.165, 1.54) is 26.4 Å². The van der Waals surface area contributed by atoms with Crippen molar-refractivity contribution in [2.75, 3.05) is 7.11 Å². The molecule has 0 aromatic rings. The summed E-state index contributed by atoms with van der Waals surface area (Å²) >= 11 is 0. The zero-order valence-corrected chi connectivity index (χ0v) is 9.91. The lowest BCUT2D eigenvalue weighted by atomic mass is 9.86. The van der Waals surface area contributed by atoms with Gasteiger partial charge in [-0.1, -0.05) is 32.1 Å². The summed E-state index contributed by atoms with van der Waals surface area (Å²) < 4.78 is 4.73. The molecule has 0 heterocycles. The molecular formula is C12H21NO3. The van der Waals surface area contributed by atoms with E-state index in [-0.39, 0.29) is 11.9 Å². The van der Waals surface area contributed by atoms with E-state index in [9.17, 15) is 9.59 Å². The summed E-state index contributed by atoms with van der Waals surface area (Å²) in [6.07, 6.45) is 8.62. The highest BCUT2D eigenvalue weighted by Gasteiger charge is 2.28. The minimum atomic E-state index is -0.458. The van der Waals surface area contributed by atoms with Gasteiger partial charge >= 0.3 is 5.97 Å². The van der Waals surface area contributed by atoms with Gasteiger partial charge < -0.3 is 10.1 Å². The molecule has 1 fully saturated rings. The number of nitrogens with one attached hydrogen (secondary N) is 1. The third-order valence-corrected chi connectivity index (χ3v) is 3.32. The quantitative estimate of drug-likeness (QED) is 0.586. The van der Waals surface area contributed by atoms with Gasteiger partial charge in [-0.15, -0.1) is 0 Å². The summed E-state index contributed by atoms with van der Waals surface area (Å²) in [6.45, 7) is 0. The van der Waals surface area contributed by atoms with Crippen LogP contribution >= 0.6 is 0 Å². The summed E-state index contributed by atoms with van der Waals surface area (Å²) in [5.41, 5.74) is 0. The van der Waals surface area contributed by atoms with Crippen molar-refractivity contribution in [1.82, 2.24) is 5.32 Å². The third kappa shape index (κ3) is 3.83. The monoisotopic (exact) mass is 227 g/mol. The van der Waals surface area contributed by atoms with Gasteiger partial charge in [0, 0.05) is 0 Å². The number of methoxy groups -OCH3 is 1. The molecule has 1 amide bonds. The van der Waals surface area contributed by atoms with Gasteiger partial charge in [-0.3, -0.25) is 4.79 Å². The first kappa shape index (κ1) is 13.0. The Morgan fingerprint density at radius 1 is 1.25 bits per heavy atom. The summed E-state index contributed by atoms with van der Waals surface area (Å²) in [6, 6.07) is -0.458. The molecule has 1 aliphatic rings. The van der Waals surface area contributed by atoms with Crippen molar-refractivity contribution in [3.05, 3.63) is 0 Å². The van der Waals surface area contributed by atoms with E-state index in [0.29, 0.717) is 6.41 Å². The smallest absolute Gasteiger partial charge is 0.328 e. The van der Waals surface area contributed by atoms with Crippen LogP contribution in [0.25, 0.3) is 0 Å². The molecule has 1 N–H and O–H groups in total. The molecule has 4 heteroatoms. The molecule has 1 aliphatic carbocycles. The summed E-state index contributed by atoms with van der Waals surface area (Å²) in [4.78, 5) is 22.1. The molecule has 0 spiro atoms. The van der Waals surface area contributed by atoms with Crippen LogP contribution in [-0.2, 0) is 14.3 Å². The van der Waals surface area contributed by atoms with Crippen LogP contribution in [0.5, 0.6) is 0 Å². The van der Waals surface area contributed by atoms with Gasteiger partial charge in [-0.2, -0.15) is 0 Å². The Balaban J connectivity index is 2.58. The fourth-order valence-electron chi connectivity index (χ4n) is 2.42. The third-order valence-electron chi connectivity index (χ3n) is 3.32. The molecule has 0 aromatic carbocycles. The van der Waals surface area contributed by atoms with Gasteiger partial charge in [0.1, 0.15) is 6.04 Å². The molecular weight excluding hydrogens is 206 g/mol. The average Bonchev–Trinajstić information content (AvgIpc) is 2.25. The highest BCUT2D eigenvalue weighted by Crippen LogP contribution is 2.25. The lowest BCUT2D eigenvalue weighted by Crippen LogP contribution is -2.43. The maximum atomic E-state index is 11.6. The van der Waals surface area contributed by atoms with Crippen LogP contribution in [0.4, 0.5) is 0 Å². The Kier molecular flexibility index (Phi) is 5.90. The average molecular weight is 227 g/mol. The SMILES string of the molecule is COC(=O)C(NC=O)C1CCCCCCC1. The maximum Gasteiger partial charge on any atom is 0.328 e. The highest BCUT2D eigenvalue weighted by molar-refractivity contribution is 5.78. The summed E-state index contributed by atoms with van der Waals surface area (Å²) in [5, 5.41) is 2.60. The van der Waals surface area contributed by atoms with Crippen molar-refractivity contribution < 1.29 is 14.3 Å². The minimum Gasteiger partial charge on any atom is -0.467 e. The Labute approximate surface area is 96.7 Å². The first-order chi connectivity index (χ1) is 7.79. The molecule has 0 bridgehead atoms. The predicted octanol–water partition coefficient (Wildman–Crippen LogP) is 1.63. The van der Waals surface area contributed by atoms with E-state index >= 15 is 0 Å². The van der Waals surface area contributed by atoms with Crippen molar-refractivity contribution >= 4 is 12.4 Å². The van der Waals surface area contributed by atoms with E-state index in [2.05, 4.69) is 5.32 Å². The fraction of sp³-hybridized carbons (Fsp3) is 0.833. The first-order valence-corrected chi connectivity index (χ1v) is 6.07. The second-order valence-corrected chi connectivity index (χ2v) is 4.39. The van der Waals surface area contributed by atoms with E-state index in [1.54, 1.807) is 0 Å². The van der Waals surface area contributed by atoms with Crippen LogP contribution < -0.4 is 5.32 Å². The van der Waals surface area contributed by atoms with E-state index in [0.717, 1.165) is 25.7 Å². The zero-order chi connectivity index (χ0) is 11.8. The van der Waals surface area contributed by atoms with Crippen molar-refractivity contribution in [1.29, 1.82) is 0 Å². The fourth-order valence-corrected chi connectivity index (χ4v) is 2.42. The molecule has 0 saturated heterocycles. The van der Waals surface area contributed by atoms with Crippen molar-refractivity contribution in [3.63, 3.8) is 0 Å². The number of carbonyl (C=O) groups excluding carboxylic acids is 2. The number of hydrogen-bond donors (Lipinski definition) is 1. The second kappa shape index (κ2) is 7.25. The number of rotatable bonds is 4. The van der Waals surface area contributed by atoms with Gasteiger partial charge in [0.2, 0.25) is 6.41 Å². The second-order valence-electron chi connectivity index (χ2n) is 4.39. The van der Waals surface area contributed by atoms with Gasteiger partial charge in [0.15, 0.2) is 0 Å². The van der Waals surface area contributed by atoms with Crippen LogP contribution in [-0.4, -0.2) is 25.5 Å². The molecule has 1 atom stereocenters. The Hall–Kier alpha value is -1.06. The van der Waals surface area contributed by atoms with Gasteiger partial charge in [-0.05, 0) is 18.8 Å². The molecule has 0 aromatic heterocycles. The maximum absolute atomic E-state index is 11.6. The number of amides is 1. The molecule has 1 saturated carbocycles. The summed E-state index contributed by atoms with van der Waals surface area (Å²) in [7, 11) is 1.37. The number of hydrogen-bond acceptors (Lipinski definition) is 3. The molecule has 1 unspecified atom stereocenters. The van der Waals surface area contributed by atoms with Gasteiger partial charge in [-0.25, -0.2) is 4.79 Å². The number of carbonyl (C=O) groups is 2. The van der Waals surface area contributed by atoms with Crippen LogP contribution in [0.3, 0.4) is 0 Å². The van der Waals surface area contributed by atoms with Crippen molar-refractivity contribution in [2.24, 2.45) is 5.92 Å². The lowest BCUT2D eigenvalue weighted by Gasteiger charge is -2.26. The largest absolute Gasteiger partial charge is 0.467 e. The normalized spacial score (nSPS) is 20.3. The molecule has 16 heavy (non-hydrogen) atoms. The van der Waals surface area contributed by atoms with Crippen LogP contribution in [0.1, 0.15) is 44.9 Å². The summed E-state index contributed by atoms with van der Waals surface area (Å²) in [5.74, 6) is -0.0874. The number of ether oxygens (including phenoxy) is 1. The Morgan fingerprint density at radius 2 is 1.81 bits per heavy atom. The van der Waals surface area contributed by atoms with E-state index < -0.39 is 6.04 Å². The van der Waals surface area contributed by atoms with Crippen molar-refractivity contribution in [3.8, 4) is 0 Å².